The third-order valence-electron chi connectivity index (χ3n) is 23.8. The second-order valence-electron chi connectivity index (χ2n) is 35.1. The Kier molecular flexibility index (Phi) is 44.5. The van der Waals surface area contributed by atoms with E-state index in [9.17, 15) is 138 Å². The molecule has 30 atom stereocenters. The molecular formula is C82H134N22O35. The smallest absolute Gasteiger partial charge is 0.305 e. The molecule has 16 amide bonds. The maximum atomic E-state index is 15.2. The van der Waals surface area contributed by atoms with Crippen LogP contribution in [0, 0.1) is 5.92 Å². The molecule has 6 fully saturated rings. The lowest BCUT2D eigenvalue weighted by atomic mass is 9.94. The van der Waals surface area contributed by atoms with Crippen LogP contribution in [0.25, 0.3) is 0 Å². The van der Waals surface area contributed by atoms with E-state index < -0.39 is 335 Å². The number of carbonyl (C=O) groups is 17. The van der Waals surface area contributed by atoms with Gasteiger partial charge in [-0.3, -0.25) is 86.5 Å². The fourth-order valence-corrected chi connectivity index (χ4v) is 16.4. The summed E-state index contributed by atoms with van der Waals surface area (Å²) in [5.41, 5.74) is 17.6. The fourth-order valence-electron chi connectivity index (χ4n) is 16.4. The monoisotopic (exact) mass is 1990 g/mol. The molecule has 57 heteroatoms. The van der Waals surface area contributed by atoms with Gasteiger partial charge in [-0.2, -0.15) is 0 Å². The number of carbonyl (C=O) groups excluding carboxylic acids is 16. The van der Waals surface area contributed by atoms with Gasteiger partial charge in [0.1, 0.15) is 140 Å². The lowest BCUT2D eigenvalue weighted by Crippen LogP contribution is -2.69. The minimum Gasteiger partial charge on any atom is -0.481 e. The van der Waals surface area contributed by atoms with Crippen molar-refractivity contribution in [3.05, 3.63) is 18.2 Å². The number of carboxylic acids is 1. The number of amides is 16. The van der Waals surface area contributed by atoms with E-state index >= 15 is 4.79 Å². The van der Waals surface area contributed by atoms with Crippen LogP contribution in [0.5, 0.6) is 0 Å². The summed E-state index contributed by atoms with van der Waals surface area (Å²) in [6.07, 6.45) is -27.4. The number of nitrogens with two attached hydrogens (primary N) is 3. The van der Waals surface area contributed by atoms with E-state index in [-0.39, 0.29) is 90.1 Å². The van der Waals surface area contributed by atoms with Gasteiger partial charge in [0.15, 0.2) is 24.8 Å². The van der Waals surface area contributed by atoms with Crippen molar-refractivity contribution in [1.29, 1.82) is 0 Å². The molecule has 7 heterocycles. The third-order valence-corrected chi connectivity index (χ3v) is 23.8. The van der Waals surface area contributed by atoms with Crippen molar-refractivity contribution in [2.45, 2.75) is 309 Å². The van der Waals surface area contributed by atoms with E-state index in [0.717, 1.165) is 44.4 Å². The molecule has 6 saturated heterocycles. The number of aliphatic hydroxyl groups is 11. The zero-order valence-corrected chi connectivity index (χ0v) is 78.1. The highest BCUT2D eigenvalue weighted by atomic mass is 16.7. The number of hydrogen-bond donors (Lipinski definition) is 29. The summed E-state index contributed by atoms with van der Waals surface area (Å²) in [6.45, 7) is 4.87. The molecule has 1 aromatic heterocycles. The number of ether oxygens (including phenoxy) is 6. The number of hydrogen-bond acceptors (Lipinski definition) is 37. The number of H-pyrrole nitrogens is 1. The lowest BCUT2D eigenvalue weighted by molar-refractivity contribution is -0.352. The third kappa shape index (κ3) is 32.1. The van der Waals surface area contributed by atoms with Crippen molar-refractivity contribution in [2.75, 3.05) is 72.3 Å². The van der Waals surface area contributed by atoms with Crippen LogP contribution in [-0.4, -0.2) is 447 Å². The molecule has 0 spiro atoms. The molecule has 782 valence electrons. The summed E-state index contributed by atoms with van der Waals surface area (Å²) in [4.78, 5) is 249. The molecule has 1 aromatic rings. The maximum absolute atomic E-state index is 15.2. The predicted molar refractivity (Wildman–Crippen MR) is 471 cm³/mol. The van der Waals surface area contributed by atoms with Crippen molar-refractivity contribution in [3.63, 3.8) is 0 Å². The number of aliphatic carboxylic acids is 1. The predicted octanol–water partition coefficient (Wildman–Crippen LogP) is -16.4. The number of nitrogens with one attached hydrogen (secondary N) is 14. The minimum atomic E-state index is -2.24. The summed E-state index contributed by atoms with van der Waals surface area (Å²) in [5, 5.41) is 160. The molecule has 0 aliphatic carbocycles. The van der Waals surface area contributed by atoms with E-state index in [1.165, 1.54) is 38.2 Å². The summed E-state index contributed by atoms with van der Waals surface area (Å²) >= 11 is 0. The number of aliphatic imine (C=N–C) groups is 1. The summed E-state index contributed by atoms with van der Waals surface area (Å²) in [5.74, 6) is -19.0. The van der Waals surface area contributed by atoms with Gasteiger partial charge in [-0.1, -0.05) is 13.8 Å². The van der Waals surface area contributed by atoms with Crippen LogP contribution in [0.4, 0.5) is 0 Å². The second-order valence-corrected chi connectivity index (χ2v) is 35.1. The lowest BCUT2D eigenvalue weighted by Gasteiger charge is -2.48. The highest BCUT2D eigenvalue weighted by Crippen LogP contribution is 2.34. The number of guanidine groups is 1. The quantitative estimate of drug-likeness (QED) is 0.0164. The number of rotatable bonds is 49. The molecule has 0 radical (unpaired) electrons. The highest BCUT2D eigenvalue weighted by molar-refractivity contribution is 6.01. The van der Waals surface area contributed by atoms with Gasteiger partial charge in [-0.15, -0.1) is 0 Å². The van der Waals surface area contributed by atoms with Crippen LogP contribution >= 0.6 is 0 Å². The molecule has 0 saturated carbocycles. The van der Waals surface area contributed by atoms with Gasteiger partial charge in [-0.05, 0) is 91.9 Å². The van der Waals surface area contributed by atoms with Crippen molar-refractivity contribution in [2.24, 2.45) is 28.1 Å². The van der Waals surface area contributed by atoms with Crippen molar-refractivity contribution in [3.8, 4) is 0 Å². The van der Waals surface area contributed by atoms with E-state index in [1.54, 1.807) is 6.92 Å². The Morgan fingerprint density at radius 2 is 1.04 bits per heavy atom. The van der Waals surface area contributed by atoms with E-state index in [4.69, 9.17) is 45.6 Å². The number of aliphatic hydroxyl groups excluding tert-OH is 11. The molecule has 21 unspecified atom stereocenters. The first-order valence-corrected chi connectivity index (χ1v) is 45.4. The number of carboxylic acid groups (broad SMARTS) is 1. The second kappa shape index (κ2) is 53.9. The van der Waals surface area contributed by atoms with E-state index in [2.05, 4.69) is 84.1 Å². The Hall–Kier alpha value is -11.2. The number of aromatic nitrogens is 2. The fraction of sp³-hybridized carbons (Fsp3) is 0.744. The molecule has 139 heavy (non-hydrogen) atoms. The summed E-state index contributed by atoms with van der Waals surface area (Å²) in [7, 11) is 0. The first-order valence-electron chi connectivity index (χ1n) is 45.4. The number of likely N-dealkylation sites (tertiary alicyclic amines) is 3. The van der Waals surface area contributed by atoms with Gasteiger partial charge in [0.2, 0.25) is 94.5 Å². The Labute approximate surface area is 796 Å². The number of aromatic amines is 1. The van der Waals surface area contributed by atoms with Crippen LogP contribution in [0.2, 0.25) is 0 Å². The van der Waals surface area contributed by atoms with Gasteiger partial charge >= 0.3 is 5.97 Å². The Morgan fingerprint density at radius 1 is 0.532 bits per heavy atom. The van der Waals surface area contributed by atoms with Gasteiger partial charge < -0.3 is 196 Å². The van der Waals surface area contributed by atoms with Crippen molar-refractivity contribution in [1.82, 2.24) is 93.8 Å². The van der Waals surface area contributed by atoms with E-state index in [0.29, 0.717) is 12.1 Å². The molecule has 32 N–H and O–H groups in total. The molecule has 7 rings (SSSR count). The van der Waals surface area contributed by atoms with Gasteiger partial charge in [0, 0.05) is 64.4 Å². The average Bonchev–Trinajstić information content (AvgIpc) is 1.68. The minimum absolute atomic E-state index is 0.0116. The van der Waals surface area contributed by atoms with Crippen LogP contribution < -0.4 is 86.3 Å². The van der Waals surface area contributed by atoms with Gasteiger partial charge in [0.25, 0.3) is 0 Å². The molecule has 6 aliphatic rings. The first-order chi connectivity index (χ1) is 65.6. The Balaban J connectivity index is 1.09. The zero-order valence-electron chi connectivity index (χ0n) is 78.1. The standard InChI is InChI=1S/C82H134N22O35/c1-33(2)55(99-53(113)26-88-67(122)42(83)22-41-24-86-32-90-41)73(128)101-57(38(7)135-80-59(95-40(9)111)66(139-81-65(121)64(120)61(117)50(30-108)137-81)62(118)51(138-80)31-134-79-58(94-39(8)110)63(119)60(116)49(29-107)136-79)75(130)98-45(28-106)69(124)92-35(4)76(131)103-20-12-17-48(103)72(127)97-44(23-54(114)115)68(123)100-56(37(6)109)74(129)96-43(14-10-18-87-82(84)85)78(133)104-21-13-16-47(104)71(126)93-36(5)77(132)102-19-11-15-46(102)70(125)89-25-52(112)91-34(3)27-105/h24,32-38,42-51,55-66,79-81,105-109,116-121H,10-23,25-31,83H2,1-9H3,(H,86,90)(H,88,122)(H,89,125)(H,91,112)(H,92,124)(H,93,126)(H,94,110)(H,95,111)(H,96,129)(H,97,127)(H,98,130)(H,99,113)(H,100,123)(H,101,128)(H,114,115)(H4,84,85,87)/t34?,35?,36?,37?,38?,42?,43?,44?,45?,46?,47?,48?,49-,50-,51-,55?,56?,57?,58?,59?,60-,61-,62-,63?,64?,65?,66?,79+,80+,81-/m1/s1. The molecule has 0 bridgehead atoms. The zero-order chi connectivity index (χ0) is 103. The number of nitrogens with zero attached hydrogens (tertiary/aromatic N) is 5. The molecular weight excluding hydrogens is 1850 g/mol. The van der Waals surface area contributed by atoms with Gasteiger partial charge in [0.05, 0.1) is 77.1 Å². The van der Waals surface area contributed by atoms with Crippen LogP contribution in [-0.2, 0) is 116 Å². The maximum Gasteiger partial charge on any atom is 0.305 e. The van der Waals surface area contributed by atoms with Crippen LogP contribution in [0.3, 0.4) is 0 Å². The van der Waals surface area contributed by atoms with Crippen LogP contribution in [0.15, 0.2) is 17.5 Å². The first kappa shape index (κ1) is 115. The molecule has 6 aliphatic heterocycles. The number of imidazole rings is 1. The highest BCUT2D eigenvalue weighted by Gasteiger charge is 2.55. The summed E-state index contributed by atoms with van der Waals surface area (Å²) in [6, 6.07) is -24.0. The SMILES string of the molecule is CC(=O)NC1C(O)[C@H](O)[C@@H](CO)O[C@@H]1OC[C@H]1O[C@H](OC(C)C(NC(=O)C(NC(=O)CNC(=O)C(N)Cc2cnc[nH]2)C(C)C)C(=O)NC(CO)C(=O)NC(C)C(=O)N2CCCC2C(=O)NC(CC(=O)O)C(=O)NC(C(=O)NC(CCCN=C(N)N)C(=O)N2CCCC2C(=O)NC(C)C(=O)N2CCCC2C(=O)NCC(=O)NC(C)CO)C(C)O)C(NC(C)=O)C(O[C@H]2O[C@H](CO)[C@@H](O)C(O)C2O)[C@@H]1O. The summed E-state index contributed by atoms with van der Waals surface area (Å²) < 4.78 is 36.0. The molecule has 57 nitrogen and oxygen atoms in total. The topological polar surface area (TPSA) is 874 Å². The largest absolute Gasteiger partial charge is 0.481 e. The van der Waals surface area contributed by atoms with E-state index in [1.807, 2.05) is 0 Å². The molecule has 0 aromatic carbocycles. The Morgan fingerprint density at radius 3 is 1.59 bits per heavy atom. The normalized spacial score (nSPS) is 27.2. The van der Waals surface area contributed by atoms with Crippen molar-refractivity contribution >= 4 is 106 Å². The Bertz CT molecular complexity index is 4410. The van der Waals surface area contributed by atoms with Gasteiger partial charge in [-0.25, -0.2) is 4.98 Å². The van der Waals surface area contributed by atoms with Crippen molar-refractivity contribution < 1.29 is 171 Å². The van der Waals surface area contributed by atoms with Crippen LogP contribution in [0.1, 0.15) is 126 Å². The average molecular weight is 1990 g/mol.